The summed E-state index contributed by atoms with van der Waals surface area (Å²) < 4.78 is 2.36. The van der Waals surface area contributed by atoms with Crippen LogP contribution < -0.4 is 5.32 Å². The molecule has 0 aromatic heterocycles. The third-order valence-electron chi connectivity index (χ3n) is 2.35. The molecule has 0 fully saturated rings. The van der Waals surface area contributed by atoms with Gasteiger partial charge in [0.05, 0.1) is 11.3 Å². The number of hydrogen-bond donors (Lipinski definition) is 1. The Balaban J connectivity index is 2.28. The summed E-state index contributed by atoms with van der Waals surface area (Å²) >= 11 is 15.9. The first-order valence-electron chi connectivity index (χ1n) is 5.19. The van der Waals surface area contributed by atoms with E-state index in [9.17, 15) is 4.79 Å². The zero-order valence-electron chi connectivity index (χ0n) is 9.38. The van der Waals surface area contributed by atoms with Gasteiger partial charge in [-0.25, -0.2) is 0 Å². The number of anilines is 1. The number of carbonyl (C=O) groups is 1. The molecule has 2 nitrogen and oxygen atoms in total. The number of nitrogens with one attached hydrogen (secondary N) is 1. The minimum Gasteiger partial charge on any atom is -0.321 e. The lowest BCUT2D eigenvalue weighted by Crippen LogP contribution is -2.12. The van der Waals surface area contributed by atoms with E-state index >= 15 is 0 Å². The van der Waals surface area contributed by atoms with Gasteiger partial charge in [-0.15, -0.1) is 0 Å². The van der Waals surface area contributed by atoms with E-state index < -0.39 is 0 Å². The quantitative estimate of drug-likeness (QED) is 0.586. The van der Waals surface area contributed by atoms with E-state index in [1.54, 1.807) is 18.2 Å². The van der Waals surface area contributed by atoms with Crippen LogP contribution in [0.15, 0.2) is 49.8 Å². The van der Waals surface area contributed by atoms with Gasteiger partial charge < -0.3 is 5.32 Å². The Labute approximate surface area is 140 Å². The summed E-state index contributed by atoms with van der Waals surface area (Å²) in [6.07, 6.45) is 0. The molecule has 19 heavy (non-hydrogen) atoms. The highest BCUT2D eigenvalue weighted by atomic mass is 79.9. The van der Waals surface area contributed by atoms with Gasteiger partial charge in [0.1, 0.15) is 0 Å². The van der Waals surface area contributed by atoms with Gasteiger partial charge in [-0.05, 0) is 68.3 Å². The number of rotatable bonds is 2. The molecule has 0 atom stereocenters. The summed E-state index contributed by atoms with van der Waals surface area (Å²) in [7, 11) is 0. The zero-order chi connectivity index (χ0) is 14.0. The molecule has 0 aliphatic carbocycles. The van der Waals surface area contributed by atoms with Crippen LogP contribution in [0.4, 0.5) is 5.69 Å². The molecule has 0 heterocycles. The predicted octanol–water partition coefficient (Wildman–Crippen LogP) is 5.88. The topological polar surface area (TPSA) is 29.1 Å². The fourth-order valence-corrected chi connectivity index (χ4v) is 3.03. The molecule has 0 saturated carbocycles. The molecule has 98 valence electrons. The second-order valence-electron chi connectivity index (χ2n) is 3.70. The highest BCUT2D eigenvalue weighted by Gasteiger charge is 2.12. The van der Waals surface area contributed by atoms with E-state index in [1.165, 1.54) is 0 Å². The Morgan fingerprint density at radius 1 is 1.00 bits per heavy atom. The van der Waals surface area contributed by atoms with Crippen molar-refractivity contribution in [3.8, 4) is 0 Å². The molecule has 0 bridgehead atoms. The molecule has 0 radical (unpaired) electrons. The average Bonchev–Trinajstić information content (AvgIpc) is 2.33. The molecule has 0 spiro atoms. The molecule has 1 amide bonds. The number of hydrogen-bond acceptors (Lipinski definition) is 1. The maximum absolute atomic E-state index is 12.2. The molecule has 2 aromatic carbocycles. The second-order valence-corrected chi connectivity index (χ2v) is 6.76. The lowest BCUT2D eigenvalue weighted by atomic mass is 10.2. The number of benzene rings is 2. The molecule has 6 heteroatoms. The van der Waals surface area contributed by atoms with Crippen molar-refractivity contribution < 1.29 is 4.79 Å². The minimum atomic E-state index is -0.206. The first-order valence-corrected chi connectivity index (χ1v) is 7.94. The van der Waals surface area contributed by atoms with E-state index in [0.717, 1.165) is 8.95 Å². The first kappa shape index (κ1) is 15.0. The van der Waals surface area contributed by atoms with Crippen molar-refractivity contribution in [3.63, 3.8) is 0 Å². The largest absolute Gasteiger partial charge is 0.321 e. The smallest absolute Gasteiger partial charge is 0.256 e. The third kappa shape index (κ3) is 3.81. The van der Waals surface area contributed by atoms with Crippen LogP contribution in [0.5, 0.6) is 0 Å². The normalized spacial score (nSPS) is 10.3. The fourth-order valence-electron chi connectivity index (χ4n) is 1.46. The van der Waals surface area contributed by atoms with E-state index in [0.29, 0.717) is 20.7 Å². The fraction of sp³-hybridized carbons (Fsp3) is 0. The third-order valence-corrected chi connectivity index (χ3v) is 4.43. The Kier molecular flexibility index (Phi) is 5.06. The van der Waals surface area contributed by atoms with E-state index in [4.69, 9.17) is 11.6 Å². The molecule has 2 rings (SSSR count). The SMILES string of the molecule is O=C(Nc1cc(Br)ccc1Br)c1ccc(Cl)cc1Br. The molecule has 0 unspecified atom stereocenters. The van der Waals surface area contributed by atoms with Crippen LogP contribution in [0, 0.1) is 0 Å². The lowest BCUT2D eigenvalue weighted by molar-refractivity contribution is 0.102. The van der Waals surface area contributed by atoms with Crippen LogP contribution in [0.2, 0.25) is 5.02 Å². The lowest BCUT2D eigenvalue weighted by Gasteiger charge is -2.09. The van der Waals surface area contributed by atoms with Crippen LogP contribution in [0.1, 0.15) is 10.4 Å². The van der Waals surface area contributed by atoms with Crippen LogP contribution in [0.3, 0.4) is 0 Å². The van der Waals surface area contributed by atoms with Gasteiger partial charge in [-0.3, -0.25) is 4.79 Å². The van der Waals surface area contributed by atoms with E-state index in [-0.39, 0.29) is 5.91 Å². The molecule has 0 saturated heterocycles. The van der Waals surface area contributed by atoms with Crippen molar-refractivity contribution in [2.24, 2.45) is 0 Å². The molecular formula is C13H7Br3ClNO. The van der Waals surface area contributed by atoms with Crippen molar-refractivity contribution in [1.82, 2.24) is 0 Å². The summed E-state index contributed by atoms with van der Waals surface area (Å²) in [6.45, 7) is 0. The van der Waals surface area contributed by atoms with Gasteiger partial charge in [0.15, 0.2) is 0 Å². The van der Waals surface area contributed by atoms with Gasteiger partial charge in [0.25, 0.3) is 5.91 Å². The molecule has 0 aliphatic heterocycles. The highest BCUT2D eigenvalue weighted by Crippen LogP contribution is 2.28. The van der Waals surface area contributed by atoms with Gasteiger partial charge in [0.2, 0.25) is 0 Å². The summed E-state index contributed by atoms with van der Waals surface area (Å²) in [5.74, 6) is -0.206. The number of halogens is 4. The van der Waals surface area contributed by atoms with Crippen molar-refractivity contribution in [1.29, 1.82) is 0 Å². The Morgan fingerprint density at radius 2 is 1.74 bits per heavy atom. The van der Waals surface area contributed by atoms with Gasteiger partial charge in [0, 0.05) is 18.4 Å². The Bertz CT molecular complexity index is 646. The van der Waals surface area contributed by atoms with Crippen LogP contribution in [0.25, 0.3) is 0 Å². The molecule has 1 N–H and O–H groups in total. The number of amides is 1. The summed E-state index contributed by atoms with van der Waals surface area (Å²) in [6, 6.07) is 10.6. The standard InChI is InChI=1S/C13H7Br3ClNO/c14-7-1-4-10(15)12(5-7)18-13(19)9-3-2-8(17)6-11(9)16/h1-6H,(H,18,19). The van der Waals surface area contributed by atoms with Crippen LogP contribution in [-0.2, 0) is 0 Å². The van der Waals surface area contributed by atoms with Crippen molar-refractivity contribution in [3.05, 3.63) is 60.4 Å². The van der Waals surface area contributed by atoms with Crippen LogP contribution >= 0.6 is 59.4 Å². The van der Waals surface area contributed by atoms with Crippen molar-refractivity contribution in [2.75, 3.05) is 5.32 Å². The second kappa shape index (κ2) is 6.39. The summed E-state index contributed by atoms with van der Waals surface area (Å²) in [5, 5.41) is 3.41. The van der Waals surface area contributed by atoms with Crippen molar-refractivity contribution >= 4 is 71.0 Å². The Morgan fingerprint density at radius 3 is 2.42 bits per heavy atom. The van der Waals surface area contributed by atoms with Gasteiger partial charge in [-0.2, -0.15) is 0 Å². The van der Waals surface area contributed by atoms with Crippen LogP contribution in [-0.4, -0.2) is 5.91 Å². The molecule has 0 aliphatic rings. The van der Waals surface area contributed by atoms with E-state index in [1.807, 2.05) is 18.2 Å². The summed E-state index contributed by atoms with van der Waals surface area (Å²) in [4.78, 5) is 12.2. The average molecular weight is 468 g/mol. The van der Waals surface area contributed by atoms with Gasteiger partial charge >= 0.3 is 0 Å². The Hall–Kier alpha value is -0.360. The highest BCUT2D eigenvalue weighted by molar-refractivity contribution is 9.11. The van der Waals surface area contributed by atoms with Gasteiger partial charge in [-0.1, -0.05) is 27.5 Å². The minimum absolute atomic E-state index is 0.206. The van der Waals surface area contributed by atoms with Crippen molar-refractivity contribution in [2.45, 2.75) is 0 Å². The maximum Gasteiger partial charge on any atom is 0.256 e. The monoisotopic (exact) mass is 465 g/mol. The number of carbonyl (C=O) groups excluding carboxylic acids is 1. The summed E-state index contributed by atoms with van der Waals surface area (Å²) in [5.41, 5.74) is 1.22. The molecule has 2 aromatic rings. The maximum atomic E-state index is 12.2. The predicted molar refractivity (Wildman–Crippen MR) is 88.9 cm³/mol. The molecular weight excluding hydrogens is 461 g/mol. The van der Waals surface area contributed by atoms with E-state index in [2.05, 4.69) is 53.1 Å². The zero-order valence-corrected chi connectivity index (χ0v) is 14.9. The first-order chi connectivity index (χ1) is 8.97.